The molecule has 4 nitrogen and oxygen atoms in total. The molecule has 0 fully saturated rings. The molecule has 0 saturated carbocycles. The Morgan fingerprint density at radius 2 is 0.750 bits per heavy atom. The van der Waals surface area contributed by atoms with Crippen LogP contribution < -0.4 is 0 Å². The van der Waals surface area contributed by atoms with E-state index in [1.807, 2.05) is 48.5 Å². The molecule has 0 radical (unpaired) electrons. The summed E-state index contributed by atoms with van der Waals surface area (Å²) in [7, 11) is 0. The van der Waals surface area contributed by atoms with E-state index in [2.05, 4.69) is 80.0 Å². The van der Waals surface area contributed by atoms with E-state index in [9.17, 15) is 0 Å². The van der Waals surface area contributed by atoms with Gasteiger partial charge in [0.05, 0.1) is 22.1 Å². The first kappa shape index (κ1) is 27.2. The van der Waals surface area contributed by atoms with E-state index in [1.54, 1.807) is 24.8 Å². The van der Waals surface area contributed by atoms with Crippen molar-refractivity contribution < 1.29 is 39.0 Å². The minimum Gasteiger partial charge on any atom is -0.254 e. The molecule has 190 valence electrons. The van der Waals surface area contributed by atoms with Gasteiger partial charge in [-0.2, -0.15) is 0 Å². The topological polar surface area (TPSA) is 51.6 Å². The molecule has 4 aromatic heterocycles. The van der Waals surface area contributed by atoms with E-state index >= 15 is 0 Å². The Labute approximate surface area is 256 Å². The van der Waals surface area contributed by atoms with Crippen LogP contribution in [-0.2, 0) is 39.0 Å². The molecule has 0 saturated heterocycles. The van der Waals surface area contributed by atoms with Gasteiger partial charge < -0.3 is 0 Å². The summed E-state index contributed by atoms with van der Waals surface area (Å²) in [4.78, 5) is 18.2. The second kappa shape index (κ2) is 11.8. The molecule has 0 aliphatic carbocycles. The molecule has 0 atom stereocenters. The number of benzene rings is 3. The first-order chi connectivity index (χ1) is 18.8. The quantitative estimate of drug-likeness (QED) is 0.102. The predicted octanol–water partition coefficient (Wildman–Crippen LogP) is 6.67. The summed E-state index contributed by atoms with van der Waals surface area (Å²) in [6.07, 6.45) is 7.20. The van der Waals surface area contributed by atoms with E-state index in [1.165, 1.54) is 0 Å². The standard InChI is InChI=1S/C34H18N4.2Ru/c1-3-27-13-15-29-19-25(21-37-33(29)31(27)35-17-1)11-9-23-5-7-24(8-6-23)10-12-26-20-30-16-14-28-4-2-18-36-32(28)34(30)38-22-26;;/h1-8,13-22H;;. The van der Waals surface area contributed by atoms with Crippen molar-refractivity contribution in [3.8, 4) is 23.7 Å². The Hall–Kier alpha value is -4.33. The number of hydrogen-bond donors (Lipinski definition) is 0. The van der Waals surface area contributed by atoms with Crippen molar-refractivity contribution >= 4 is 43.6 Å². The fraction of sp³-hybridized carbons (Fsp3) is 0. The van der Waals surface area contributed by atoms with Crippen LogP contribution in [0.2, 0.25) is 0 Å². The molecule has 6 heteroatoms. The van der Waals surface area contributed by atoms with Crippen LogP contribution in [0.1, 0.15) is 22.3 Å². The van der Waals surface area contributed by atoms with Crippen molar-refractivity contribution in [1.82, 2.24) is 19.9 Å². The number of hydrogen-bond acceptors (Lipinski definition) is 4. The molecule has 0 spiro atoms. The summed E-state index contributed by atoms with van der Waals surface area (Å²) >= 11 is 0. The minimum absolute atomic E-state index is 0. The molecular formula is C34H18N4Ru2. The number of rotatable bonds is 0. The average Bonchev–Trinajstić information content (AvgIpc) is 2.99. The van der Waals surface area contributed by atoms with Crippen LogP contribution in [0.25, 0.3) is 43.6 Å². The first-order valence-corrected chi connectivity index (χ1v) is 12.2. The Kier molecular flexibility index (Phi) is 8.05. The van der Waals surface area contributed by atoms with Crippen LogP contribution in [0.5, 0.6) is 0 Å². The summed E-state index contributed by atoms with van der Waals surface area (Å²) in [6, 6.07) is 28.3. The first-order valence-electron chi connectivity index (χ1n) is 12.2. The monoisotopic (exact) mass is 686 g/mol. The minimum atomic E-state index is 0. The predicted molar refractivity (Wildman–Crippen MR) is 152 cm³/mol. The normalized spacial score (nSPS) is 10.2. The Bertz CT molecular complexity index is 2000. The molecule has 0 aliphatic rings. The fourth-order valence-corrected chi connectivity index (χ4v) is 4.53. The van der Waals surface area contributed by atoms with Gasteiger partial charge in [-0.25, -0.2) is 0 Å². The van der Waals surface area contributed by atoms with Crippen LogP contribution >= 0.6 is 0 Å². The molecule has 0 bridgehead atoms. The SMILES string of the molecule is C(#Cc1cnc2c(ccc3cccnc32)c1)c1ccc(C#Cc2cnc3c(ccc4cccnc43)c2)cc1.[Ru].[Ru]. The van der Waals surface area contributed by atoms with Crippen LogP contribution in [-0.4, -0.2) is 19.9 Å². The Morgan fingerprint density at radius 1 is 0.375 bits per heavy atom. The van der Waals surface area contributed by atoms with Gasteiger partial charge in [-0.05, 0) is 48.5 Å². The molecule has 0 unspecified atom stereocenters. The maximum atomic E-state index is 4.63. The third kappa shape index (κ3) is 5.39. The third-order valence-electron chi connectivity index (χ3n) is 6.43. The van der Waals surface area contributed by atoms with E-state index in [0.717, 1.165) is 65.9 Å². The molecule has 7 rings (SSSR count). The van der Waals surface area contributed by atoms with Crippen molar-refractivity contribution in [3.05, 3.63) is 132 Å². The molecule has 0 aliphatic heterocycles. The third-order valence-corrected chi connectivity index (χ3v) is 6.43. The maximum Gasteiger partial charge on any atom is 0.0965 e. The van der Waals surface area contributed by atoms with Crippen molar-refractivity contribution in [3.63, 3.8) is 0 Å². The van der Waals surface area contributed by atoms with Gasteiger partial charge >= 0.3 is 0 Å². The average molecular weight is 685 g/mol. The second-order valence-electron chi connectivity index (χ2n) is 8.95. The molecule has 7 aromatic rings. The summed E-state index contributed by atoms with van der Waals surface area (Å²) in [6.45, 7) is 0. The summed E-state index contributed by atoms with van der Waals surface area (Å²) in [5, 5.41) is 4.22. The van der Waals surface area contributed by atoms with Crippen LogP contribution in [0.4, 0.5) is 0 Å². The van der Waals surface area contributed by atoms with Crippen molar-refractivity contribution in [2.45, 2.75) is 0 Å². The number of fused-ring (bicyclic) bond motifs is 6. The zero-order valence-electron chi connectivity index (χ0n) is 20.9. The van der Waals surface area contributed by atoms with Crippen molar-refractivity contribution in [2.75, 3.05) is 0 Å². The van der Waals surface area contributed by atoms with Gasteiger partial charge in [-0.1, -0.05) is 60.1 Å². The summed E-state index contributed by atoms with van der Waals surface area (Å²) < 4.78 is 0. The smallest absolute Gasteiger partial charge is 0.0965 e. The number of aromatic nitrogens is 4. The largest absolute Gasteiger partial charge is 0.254 e. The van der Waals surface area contributed by atoms with E-state index < -0.39 is 0 Å². The molecule has 0 amide bonds. The van der Waals surface area contributed by atoms with Gasteiger partial charge in [-0.3, -0.25) is 19.9 Å². The zero-order chi connectivity index (χ0) is 25.3. The summed E-state index contributed by atoms with van der Waals surface area (Å²) in [5.41, 5.74) is 7.17. The van der Waals surface area contributed by atoms with Gasteiger partial charge in [0, 0.05) is 108 Å². The van der Waals surface area contributed by atoms with E-state index in [0.29, 0.717) is 0 Å². The number of pyridine rings is 4. The van der Waals surface area contributed by atoms with Crippen LogP contribution in [0.15, 0.2) is 110 Å². The molecule has 4 heterocycles. The molecule has 40 heavy (non-hydrogen) atoms. The molecule has 3 aromatic carbocycles. The van der Waals surface area contributed by atoms with Gasteiger partial charge in [0.1, 0.15) is 0 Å². The summed E-state index contributed by atoms with van der Waals surface area (Å²) in [5.74, 6) is 12.9. The van der Waals surface area contributed by atoms with Crippen LogP contribution in [0, 0.1) is 23.7 Å². The van der Waals surface area contributed by atoms with Gasteiger partial charge in [0.25, 0.3) is 0 Å². The van der Waals surface area contributed by atoms with Crippen molar-refractivity contribution in [1.29, 1.82) is 0 Å². The Balaban J connectivity index is 0.00000161. The van der Waals surface area contributed by atoms with Crippen molar-refractivity contribution in [2.24, 2.45) is 0 Å². The van der Waals surface area contributed by atoms with Gasteiger partial charge in [-0.15, -0.1) is 0 Å². The van der Waals surface area contributed by atoms with E-state index in [-0.39, 0.29) is 39.0 Å². The Morgan fingerprint density at radius 3 is 1.20 bits per heavy atom. The zero-order valence-corrected chi connectivity index (χ0v) is 24.4. The molecule has 0 N–H and O–H groups in total. The van der Waals surface area contributed by atoms with E-state index in [4.69, 9.17) is 0 Å². The second-order valence-corrected chi connectivity index (χ2v) is 8.95. The van der Waals surface area contributed by atoms with Gasteiger partial charge in [0.2, 0.25) is 0 Å². The molecular weight excluding hydrogens is 667 g/mol. The number of nitrogens with zero attached hydrogens (tertiary/aromatic N) is 4. The maximum absolute atomic E-state index is 4.63. The fourth-order valence-electron chi connectivity index (χ4n) is 4.53. The van der Waals surface area contributed by atoms with Crippen LogP contribution in [0.3, 0.4) is 0 Å². The van der Waals surface area contributed by atoms with Gasteiger partial charge in [0.15, 0.2) is 0 Å².